The van der Waals surface area contributed by atoms with Crippen molar-refractivity contribution in [3.63, 3.8) is 0 Å². The first-order valence-electron chi connectivity index (χ1n) is 16.3. The summed E-state index contributed by atoms with van der Waals surface area (Å²) in [5.74, 6) is -6.84. The van der Waals surface area contributed by atoms with Crippen molar-refractivity contribution in [2.24, 2.45) is 11.8 Å². The molecule has 0 saturated carbocycles. The lowest BCUT2D eigenvalue weighted by atomic mass is 9.98. The van der Waals surface area contributed by atoms with Crippen molar-refractivity contribution < 1.29 is 45.6 Å². The highest BCUT2D eigenvalue weighted by atomic mass is 35.5. The molecule has 16 heteroatoms. The summed E-state index contributed by atoms with van der Waals surface area (Å²) in [6.45, 7) is 5.37. The minimum absolute atomic E-state index is 0.0264. The highest BCUT2D eigenvalue weighted by molar-refractivity contribution is 7.90. The number of ketones is 1. The third-order valence-electron chi connectivity index (χ3n) is 8.59. The molecular formula is C36H38ClF3N4O7S. The topological polar surface area (TPSA) is 159 Å². The molecule has 0 spiro atoms. The Morgan fingerprint density at radius 3 is 1.75 bits per heavy atom. The molecule has 1 aliphatic carbocycles. The van der Waals surface area contributed by atoms with Gasteiger partial charge in [-0.2, -0.15) is 13.2 Å². The third kappa shape index (κ3) is 9.76. The zero-order valence-electron chi connectivity index (χ0n) is 28.7. The lowest BCUT2D eigenvalue weighted by Crippen LogP contribution is -2.58. The zero-order valence-corrected chi connectivity index (χ0v) is 30.2. The van der Waals surface area contributed by atoms with Crippen LogP contribution in [0.5, 0.6) is 0 Å². The Morgan fingerprint density at radius 2 is 1.27 bits per heavy atom. The predicted octanol–water partition coefficient (Wildman–Crippen LogP) is 4.48. The third-order valence-corrected chi connectivity index (χ3v) is 10.2. The van der Waals surface area contributed by atoms with E-state index in [1.54, 1.807) is 13.8 Å². The van der Waals surface area contributed by atoms with Gasteiger partial charge < -0.3 is 15.5 Å². The minimum atomic E-state index is -5.19. The summed E-state index contributed by atoms with van der Waals surface area (Å²) in [6, 6.07) is 13.9. The van der Waals surface area contributed by atoms with Crippen LogP contribution in [0.4, 0.5) is 13.2 Å². The minimum Gasteiger partial charge on any atom is -0.344 e. The molecular weight excluding hydrogens is 725 g/mol. The molecule has 0 unspecified atom stereocenters. The van der Waals surface area contributed by atoms with Crippen molar-refractivity contribution in [1.82, 2.24) is 20.3 Å². The second-order valence-corrected chi connectivity index (χ2v) is 15.2. The molecule has 4 rings (SSSR count). The largest absolute Gasteiger partial charge is 0.452 e. The number of rotatable bonds is 13. The maximum Gasteiger partial charge on any atom is 0.452 e. The molecule has 3 aromatic rings. The van der Waals surface area contributed by atoms with Crippen LogP contribution in [-0.2, 0) is 37.2 Å². The van der Waals surface area contributed by atoms with Crippen molar-refractivity contribution in [2.45, 2.75) is 69.7 Å². The Labute approximate surface area is 304 Å². The second-order valence-electron chi connectivity index (χ2n) is 13.1. The van der Waals surface area contributed by atoms with E-state index in [1.165, 1.54) is 67.3 Å². The molecule has 278 valence electrons. The molecule has 0 radical (unpaired) electrons. The van der Waals surface area contributed by atoms with Gasteiger partial charge in [0.1, 0.15) is 6.04 Å². The van der Waals surface area contributed by atoms with E-state index >= 15 is 0 Å². The molecule has 0 aromatic heterocycles. The summed E-state index contributed by atoms with van der Waals surface area (Å²) in [5, 5.41) is 5.14. The molecule has 0 heterocycles. The van der Waals surface area contributed by atoms with Gasteiger partial charge >= 0.3 is 6.18 Å². The Balaban J connectivity index is 1.52. The molecule has 2 atom stereocenters. The van der Waals surface area contributed by atoms with Gasteiger partial charge in [0.05, 0.1) is 17.5 Å². The van der Waals surface area contributed by atoms with Crippen LogP contribution in [0.1, 0.15) is 59.5 Å². The fourth-order valence-electron chi connectivity index (χ4n) is 5.77. The molecule has 3 N–H and O–H groups in total. The van der Waals surface area contributed by atoms with Crippen LogP contribution in [0.15, 0.2) is 77.7 Å². The number of carbonyl (C=O) groups excluding carboxylic acids is 5. The highest BCUT2D eigenvalue weighted by Gasteiger charge is 2.45. The number of hydrogen-bond donors (Lipinski definition) is 3. The van der Waals surface area contributed by atoms with Gasteiger partial charge in [-0.05, 0) is 84.3 Å². The summed E-state index contributed by atoms with van der Waals surface area (Å²) < 4.78 is 67.1. The molecule has 52 heavy (non-hydrogen) atoms. The number of benzene rings is 3. The molecule has 0 fully saturated rings. The Morgan fingerprint density at radius 1 is 0.769 bits per heavy atom. The highest BCUT2D eigenvalue weighted by Crippen LogP contribution is 2.27. The molecule has 1 aliphatic rings. The second kappa shape index (κ2) is 16.3. The van der Waals surface area contributed by atoms with Gasteiger partial charge in [-0.25, -0.2) is 13.1 Å². The number of carbonyl (C=O) groups is 5. The van der Waals surface area contributed by atoms with Gasteiger partial charge in [0.15, 0.2) is 0 Å². The normalized spacial score (nSPS) is 14.3. The van der Waals surface area contributed by atoms with Gasteiger partial charge in [-0.3, -0.25) is 24.0 Å². The van der Waals surface area contributed by atoms with E-state index in [2.05, 4.69) is 10.6 Å². The number of nitrogens with one attached hydrogen (secondary N) is 3. The fraction of sp³-hybridized carbons (Fsp3) is 0.361. The smallest absolute Gasteiger partial charge is 0.344 e. The molecule has 3 aromatic carbocycles. The van der Waals surface area contributed by atoms with Crippen molar-refractivity contribution >= 4 is 51.0 Å². The first-order chi connectivity index (χ1) is 24.3. The fourth-order valence-corrected chi connectivity index (χ4v) is 6.87. The summed E-state index contributed by atoms with van der Waals surface area (Å²) in [7, 11) is -4.22. The van der Waals surface area contributed by atoms with Crippen LogP contribution in [0.2, 0.25) is 5.02 Å². The maximum atomic E-state index is 14.2. The summed E-state index contributed by atoms with van der Waals surface area (Å²) >= 11 is 5.81. The predicted molar refractivity (Wildman–Crippen MR) is 186 cm³/mol. The Bertz CT molecular complexity index is 1910. The van der Waals surface area contributed by atoms with Crippen LogP contribution < -0.4 is 15.4 Å². The number of alkyl halides is 3. The first-order valence-corrected chi connectivity index (χ1v) is 18.2. The average molecular weight is 763 g/mol. The standard InChI is InChI=1S/C36H38ClF3N4O7S/c1-20(2)30(32(46)36(38,39)40)41-29(45)19-44(27-17-24-7-5-6-8-25(24)18-27)35(49)31(21(3)4)42-33(47)22-9-11-23(12-10-22)34(48)43-52(50,51)28-15-13-26(37)14-16-28/h5-16,20-21,27,30-31H,17-19H2,1-4H3,(H,41,45)(H,42,47)(H,43,48)/t30-,31-/m0/s1. The number of halogens is 4. The molecule has 0 aliphatic heterocycles. The van der Waals surface area contributed by atoms with Gasteiger partial charge in [0.25, 0.3) is 27.6 Å². The van der Waals surface area contributed by atoms with Crippen molar-refractivity contribution in [1.29, 1.82) is 0 Å². The van der Waals surface area contributed by atoms with Gasteiger partial charge in [-0.1, -0.05) is 63.6 Å². The van der Waals surface area contributed by atoms with E-state index in [9.17, 15) is 45.6 Å². The van der Waals surface area contributed by atoms with Crippen LogP contribution in [0.25, 0.3) is 0 Å². The van der Waals surface area contributed by atoms with Crippen molar-refractivity contribution in [3.8, 4) is 0 Å². The Kier molecular flexibility index (Phi) is 12.5. The number of hydrogen-bond acceptors (Lipinski definition) is 7. The maximum absolute atomic E-state index is 14.2. The number of sulfonamides is 1. The quantitative estimate of drug-likeness (QED) is 0.232. The van der Waals surface area contributed by atoms with Crippen LogP contribution in [-0.4, -0.2) is 73.6 Å². The number of Topliss-reactive ketones (excluding diaryl/α,β-unsaturated/α-hetero) is 1. The molecule has 11 nitrogen and oxygen atoms in total. The molecule has 0 bridgehead atoms. The number of amides is 4. The first kappa shape index (κ1) is 40.0. The monoisotopic (exact) mass is 762 g/mol. The molecule has 4 amide bonds. The van der Waals surface area contributed by atoms with E-state index in [1.807, 2.05) is 29.0 Å². The lowest BCUT2D eigenvalue weighted by Gasteiger charge is -2.34. The van der Waals surface area contributed by atoms with Crippen molar-refractivity contribution in [3.05, 3.63) is 100 Å². The zero-order chi connectivity index (χ0) is 38.5. The van der Waals surface area contributed by atoms with Gasteiger partial charge in [-0.15, -0.1) is 0 Å². The SMILES string of the molecule is CC(C)[C@H](NC(=O)c1ccc(C(=O)NS(=O)(=O)c2ccc(Cl)cc2)cc1)C(=O)N(CC(=O)N[C@H](C(=O)C(F)(F)F)C(C)C)C1Cc2ccccc2C1. The van der Waals surface area contributed by atoms with E-state index < -0.39 is 82.1 Å². The molecule has 0 saturated heterocycles. The average Bonchev–Trinajstić information content (AvgIpc) is 3.51. The summed E-state index contributed by atoms with van der Waals surface area (Å²) in [5.41, 5.74) is 1.80. The van der Waals surface area contributed by atoms with Gasteiger partial charge in [0, 0.05) is 22.2 Å². The van der Waals surface area contributed by atoms with Gasteiger partial charge in [0.2, 0.25) is 11.8 Å². The van der Waals surface area contributed by atoms with E-state index in [0.29, 0.717) is 17.9 Å². The number of nitrogens with zero attached hydrogens (tertiary/aromatic N) is 1. The van der Waals surface area contributed by atoms with Crippen molar-refractivity contribution in [2.75, 3.05) is 6.54 Å². The number of fused-ring (bicyclic) bond motifs is 1. The van der Waals surface area contributed by atoms with Crippen LogP contribution in [0.3, 0.4) is 0 Å². The van der Waals surface area contributed by atoms with Crippen LogP contribution >= 0.6 is 11.6 Å². The Hall–Kier alpha value is -4.76. The van der Waals surface area contributed by atoms with E-state index in [-0.39, 0.29) is 16.0 Å². The van der Waals surface area contributed by atoms with E-state index in [4.69, 9.17) is 11.6 Å². The lowest BCUT2D eigenvalue weighted by molar-refractivity contribution is -0.175. The van der Waals surface area contributed by atoms with Crippen LogP contribution in [0, 0.1) is 11.8 Å². The van der Waals surface area contributed by atoms with E-state index in [0.717, 1.165) is 11.1 Å². The summed E-state index contributed by atoms with van der Waals surface area (Å²) in [4.78, 5) is 66.7. The summed E-state index contributed by atoms with van der Waals surface area (Å²) in [6.07, 6.45) is -4.49.